The lowest BCUT2D eigenvalue weighted by atomic mass is 9.96. The third-order valence-electron chi connectivity index (χ3n) is 6.47. The summed E-state index contributed by atoms with van der Waals surface area (Å²) in [6.07, 6.45) is -5.15. The van der Waals surface area contributed by atoms with Crippen molar-refractivity contribution in [2.45, 2.75) is 97.8 Å². The average molecular weight is 609 g/mol. The molecule has 2 unspecified atom stereocenters. The van der Waals surface area contributed by atoms with Gasteiger partial charge in [-0.3, -0.25) is 14.4 Å². The summed E-state index contributed by atoms with van der Waals surface area (Å²) in [4.78, 5) is 75.3. The molecular formula is C30H44N2O11. The molecule has 1 rings (SSSR count). The quantitative estimate of drug-likeness (QED) is 0.134. The van der Waals surface area contributed by atoms with E-state index in [1.54, 1.807) is 44.2 Å². The fourth-order valence-electron chi connectivity index (χ4n) is 3.76. The minimum atomic E-state index is -1.57. The molecule has 0 saturated heterocycles. The van der Waals surface area contributed by atoms with Crippen LogP contribution in [0.15, 0.2) is 30.3 Å². The Bertz CT molecular complexity index is 1090. The second-order valence-corrected chi connectivity index (χ2v) is 10.7. The molecule has 1 aromatic carbocycles. The SMILES string of the molecule is CCC(C)[C@H](OC(=O)[C@H](C)OC(=O)C(NC(=O)OCc1ccccc1)[C@H](C)O)C(=O)N[C@@H](CC(C)C)C(=O)CC(=O)OC. The molecule has 0 saturated carbocycles. The Kier molecular flexibility index (Phi) is 15.9. The Hall–Kier alpha value is -4.00. The maximum Gasteiger partial charge on any atom is 0.408 e. The van der Waals surface area contributed by atoms with Crippen LogP contribution in [0, 0.1) is 11.8 Å². The molecule has 13 nitrogen and oxygen atoms in total. The maximum atomic E-state index is 13.2. The number of alkyl carbamates (subject to hydrolysis) is 1. The number of hydrogen-bond donors (Lipinski definition) is 3. The number of carbonyl (C=O) groups excluding carboxylic acids is 6. The Balaban J connectivity index is 2.89. The topological polar surface area (TPSA) is 184 Å². The number of aliphatic hydroxyl groups excluding tert-OH is 1. The lowest BCUT2D eigenvalue weighted by Crippen LogP contribution is -2.51. The molecule has 0 spiro atoms. The summed E-state index contributed by atoms with van der Waals surface area (Å²) < 4.78 is 20.2. The molecule has 13 heteroatoms. The van der Waals surface area contributed by atoms with Crippen molar-refractivity contribution >= 4 is 35.7 Å². The van der Waals surface area contributed by atoms with Gasteiger partial charge in [0.2, 0.25) is 0 Å². The zero-order valence-corrected chi connectivity index (χ0v) is 25.8. The van der Waals surface area contributed by atoms with Gasteiger partial charge in [-0.25, -0.2) is 14.4 Å². The lowest BCUT2D eigenvalue weighted by molar-refractivity contribution is -0.176. The van der Waals surface area contributed by atoms with Gasteiger partial charge in [-0.15, -0.1) is 0 Å². The van der Waals surface area contributed by atoms with Crippen LogP contribution in [-0.4, -0.2) is 78.3 Å². The van der Waals surface area contributed by atoms with E-state index >= 15 is 0 Å². The van der Waals surface area contributed by atoms with E-state index in [1.807, 2.05) is 13.8 Å². The first kappa shape index (κ1) is 37.0. The number of benzene rings is 1. The molecule has 0 bridgehead atoms. The van der Waals surface area contributed by atoms with Crippen molar-refractivity contribution in [1.82, 2.24) is 10.6 Å². The number of carbonyl (C=O) groups is 6. The van der Waals surface area contributed by atoms with E-state index in [0.29, 0.717) is 12.0 Å². The number of nitrogens with one attached hydrogen (secondary N) is 2. The largest absolute Gasteiger partial charge is 0.469 e. The first-order chi connectivity index (χ1) is 20.2. The number of hydrogen-bond acceptors (Lipinski definition) is 11. The predicted octanol–water partition coefficient (Wildman–Crippen LogP) is 2.21. The zero-order chi connectivity index (χ0) is 32.7. The number of rotatable bonds is 17. The van der Waals surface area contributed by atoms with Gasteiger partial charge < -0.3 is 34.7 Å². The van der Waals surface area contributed by atoms with E-state index < -0.39 is 78.4 Å². The van der Waals surface area contributed by atoms with Crippen LogP contribution in [0.5, 0.6) is 0 Å². The summed E-state index contributed by atoms with van der Waals surface area (Å²) in [7, 11) is 1.15. The number of ether oxygens (including phenoxy) is 4. The number of aliphatic hydroxyl groups is 1. The standard InChI is InChI=1S/C30H44N2O11/c1-8-18(4)26(27(36)31-22(14-17(2)3)23(34)15-24(35)40-7)43-28(37)20(6)42-29(38)25(19(5)33)32-30(39)41-16-21-12-10-9-11-13-21/h9-13,17-20,22,25-26,33H,8,14-16H2,1-7H3,(H,31,36)(H,32,39)/t18?,19-,20-,22-,25?,26-/m0/s1. The van der Waals surface area contributed by atoms with Gasteiger partial charge in [0.15, 0.2) is 24.0 Å². The van der Waals surface area contributed by atoms with Gasteiger partial charge in [-0.05, 0) is 38.2 Å². The molecule has 0 heterocycles. The molecule has 240 valence electrons. The summed E-state index contributed by atoms with van der Waals surface area (Å²) in [6.45, 7) is 9.48. The number of amides is 2. The van der Waals surface area contributed by atoms with Crippen LogP contribution in [0.4, 0.5) is 4.79 Å². The fraction of sp³-hybridized carbons (Fsp3) is 0.600. The normalized spacial score (nSPS) is 15.1. The van der Waals surface area contributed by atoms with Crippen LogP contribution >= 0.6 is 0 Å². The minimum absolute atomic E-state index is 0.0120. The summed E-state index contributed by atoms with van der Waals surface area (Å²) >= 11 is 0. The van der Waals surface area contributed by atoms with E-state index in [1.165, 1.54) is 13.8 Å². The van der Waals surface area contributed by atoms with Gasteiger partial charge in [0.05, 0.1) is 19.3 Å². The molecule has 0 aliphatic carbocycles. The monoisotopic (exact) mass is 608 g/mol. The van der Waals surface area contributed by atoms with Crippen LogP contribution in [0.3, 0.4) is 0 Å². The highest BCUT2D eigenvalue weighted by Gasteiger charge is 2.36. The summed E-state index contributed by atoms with van der Waals surface area (Å²) in [5.74, 6) is -4.75. The molecule has 1 aromatic rings. The van der Waals surface area contributed by atoms with Gasteiger partial charge in [0.25, 0.3) is 5.91 Å². The van der Waals surface area contributed by atoms with Gasteiger partial charge >= 0.3 is 24.0 Å². The molecule has 0 aliphatic heterocycles. The van der Waals surface area contributed by atoms with Crippen molar-refractivity contribution in [3.63, 3.8) is 0 Å². The first-order valence-electron chi connectivity index (χ1n) is 14.2. The highest BCUT2D eigenvalue weighted by molar-refractivity contribution is 6.00. The molecule has 6 atom stereocenters. The van der Waals surface area contributed by atoms with Gasteiger partial charge in [0, 0.05) is 5.92 Å². The Labute approximate surface area is 252 Å². The van der Waals surface area contributed by atoms with Crippen molar-refractivity contribution in [2.24, 2.45) is 11.8 Å². The van der Waals surface area contributed by atoms with Crippen molar-refractivity contribution in [1.29, 1.82) is 0 Å². The van der Waals surface area contributed by atoms with Crippen molar-refractivity contribution < 1.29 is 52.8 Å². The van der Waals surface area contributed by atoms with E-state index in [-0.39, 0.29) is 18.9 Å². The van der Waals surface area contributed by atoms with Crippen LogP contribution < -0.4 is 10.6 Å². The Morgan fingerprint density at radius 3 is 2.05 bits per heavy atom. The van der Waals surface area contributed by atoms with Gasteiger partial charge in [0.1, 0.15) is 13.0 Å². The molecule has 0 radical (unpaired) electrons. The summed E-state index contributed by atoms with van der Waals surface area (Å²) in [6, 6.07) is 6.20. The third kappa shape index (κ3) is 13.2. The first-order valence-corrected chi connectivity index (χ1v) is 14.2. The van der Waals surface area contributed by atoms with Crippen LogP contribution in [0.1, 0.15) is 66.4 Å². The van der Waals surface area contributed by atoms with E-state index in [4.69, 9.17) is 14.2 Å². The van der Waals surface area contributed by atoms with Crippen LogP contribution in [-0.2, 0) is 49.5 Å². The number of methoxy groups -OCH3 is 1. The lowest BCUT2D eigenvalue weighted by Gasteiger charge is -2.27. The second kappa shape index (κ2) is 18.5. The molecular weight excluding hydrogens is 564 g/mol. The highest BCUT2D eigenvalue weighted by Crippen LogP contribution is 2.16. The van der Waals surface area contributed by atoms with Gasteiger partial charge in [-0.1, -0.05) is 58.0 Å². The molecule has 0 fully saturated rings. The van der Waals surface area contributed by atoms with E-state index in [2.05, 4.69) is 15.4 Å². The zero-order valence-electron chi connectivity index (χ0n) is 25.8. The van der Waals surface area contributed by atoms with Crippen molar-refractivity contribution in [2.75, 3.05) is 7.11 Å². The second-order valence-electron chi connectivity index (χ2n) is 10.7. The minimum Gasteiger partial charge on any atom is -0.469 e. The van der Waals surface area contributed by atoms with Gasteiger partial charge in [-0.2, -0.15) is 0 Å². The third-order valence-corrected chi connectivity index (χ3v) is 6.47. The number of esters is 3. The summed E-state index contributed by atoms with van der Waals surface area (Å²) in [5.41, 5.74) is 0.702. The van der Waals surface area contributed by atoms with Crippen LogP contribution in [0.2, 0.25) is 0 Å². The summed E-state index contributed by atoms with van der Waals surface area (Å²) in [5, 5.41) is 14.9. The number of Topliss-reactive ketones (excluding diaryl/α,β-unsaturated/α-hetero) is 1. The molecule has 0 aromatic heterocycles. The highest BCUT2D eigenvalue weighted by atomic mass is 16.6. The molecule has 3 N–H and O–H groups in total. The molecule has 43 heavy (non-hydrogen) atoms. The average Bonchev–Trinajstić information content (AvgIpc) is 2.96. The number of ketones is 1. The van der Waals surface area contributed by atoms with Crippen molar-refractivity contribution in [3.8, 4) is 0 Å². The van der Waals surface area contributed by atoms with Crippen LogP contribution in [0.25, 0.3) is 0 Å². The Morgan fingerprint density at radius 1 is 0.884 bits per heavy atom. The molecule has 0 aliphatic rings. The predicted molar refractivity (Wildman–Crippen MR) is 153 cm³/mol. The molecule has 2 amide bonds. The smallest absolute Gasteiger partial charge is 0.408 e. The maximum absolute atomic E-state index is 13.2. The Morgan fingerprint density at radius 2 is 1.51 bits per heavy atom. The van der Waals surface area contributed by atoms with E-state index in [9.17, 15) is 33.9 Å². The van der Waals surface area contributed by atoms with Crippen molar-refractivity contribution in [3.05, 3.63) is 35.9 Å². The van der Waals surface area contributed by atoms with E-state index in [0.717, 1.165) is 7.11 Å². The fourth-order valence-corrected chi connectivity index (χ4v) is 3.76.